The standard InChI is InChI=1S/C14H17N3OS/c1-9(2)19-12-7-5-4-6-11(12)14(18)15-13-8-10(3)16-17-13/h4-9H,1-3H3,(H2,15,16,17,18). The number of hydrogen-bond acceptors (Lipinski definition) is 3. The summed E-state index contributed by atoms with van der Waals surface area (Å²) in [5.41, 5.74) is 1.60. The number of carbonyl (C=O) groups excluding carboxylic acids is 1. The second-order valence-electron chi connectivity index (χ2n) is 4.55. The highest BCUT2D eigenvalue weighted by Gasteiger charge is 2.13. The van der Waals surface area contributed by atoms with Crippen molar-refractivity contribution in [2.24, 2.45) is 0 Å². The first kappa shape index (κ1) is 13.7. The molecule has 0 aliphatic carbocycles. The zero-order valence-electron chi connectivity index (χ0n) is 11.2. The Morgan fingerprint density at radius 1 is 1.37 bits per heavy atom. The Labute approximate surface area is 117 Å². The van der Waals surface area contributed by atoms with Crippen LogP contribution in [0.15, 0.2) is 35.2 Å². The number of anilines is 1. The number of amides is 1. The lowest BCUT2D eigenvalue weighted by atomic mass is 10.2. The molecule has 0 aliphatic rings. The highest BCUT2D eigenvalue weighted by Crippen LogP contribution is 2.26. The average molecular weight is 275 g/mol. The van der Waals surface area contributed by atoms with Crippen molar-refractivity contribution in [3.05, 3.63) is 41.6 Å². The van der Waals surface area contributed by atoms with Gasteiger partial charge in [-0.15, -0.1) is 11.8 Å². The fraction of sp³-hybridized carbons (Fsp3) is 0.286. The van der Waals surface area contributed by atoms with Gasteiger partial charge in [0.15, 0.2) is 5.82 Å². The van der Waals surface area contributed by atoms with E-state index in [-0.39, 0.29) is 5.91 Å². The molecular weight excluding hydrogens is 258 g/mol. The van der Waals surface area contributed by atoms with Crippen LogP contribution >= 0.6 is 11.8 Å². The quantitative estimate of drug-likeness (QED) is 0.840. The van der Waals surface area contributed by atoms with Gasteiger partial charge in [0.25, 0.3) is 5.91 Å². The minimum atomic E-state index is -0.129. The summed E-state index contributed by atoms with van der Waals surface area (Å²) in [6, 6.07) is 9.42. The largest absolute Gasteiger partial charge is 0.305 e. The lowest BCUT2D eigenvalue weighted by Gasteiger charge is -2.10. The van der Waals surface area contributed by atoms with Crippen LogP contribution in [0.2, 0.25) is 0 Å². The molecular formula is C14H17N3OS. The molecule has 0 saturated carbocycles. The predicted octanol–water partition coefficient (Wildman–Crippen LogP) is 3.47. The van der Waals surface area contributed by atoms with Crippen molar-refractivity contribution in [1.29, 1.82) is 0 Å². The van der Waals surface area contributed by atoms with E-state index in [2.05, 4.69) is 29.4 Å². The van der Waals surface area contributed by atoms with Gasteiger partial charge < -0.3 is 5.32 Å². The maximum atomic E-state index is 12.2. The molecule has 1 aromatic heterocycles. The van der Waals surface area contributed by atoms with Crippen LogP contribution in [0, 0.1) is 6.92 Å². The third-order valence-electron chi connectivity index (χ3n) is 2.44. The molecule has 0 atom stereocenters. The number of aromatic nitrogens is 2. The Bertz CT molecular complexity index is 578. The second kappa shape index (κ2) is 5.93. The lowest BCUT2D eigenvalue weighted by molar-refractivity contribution is 0.102. The number of aryl methyl sites for hydroxylation is 1. The highest BCUT2D eigenvalue weighted by molar-refractivity contribution is 8.00. The number of hydrogen-bond donors (Lipinski definition) is 2. The van der Waals surface area contributed by atoms with Gasteiger partial charge in [-0.1, -0.05) is 26.0 Å². The zero-order chi connectivity index (χ0) is 13.8. The van der Waals surface area contributed by atoms with Gasteiger partial charge in [-0.3, -0.25) is 9.89 Å². The van der Waals surface area contributed by atoms with E-state index >= 15 is 0 Å². The van der Waals surface area contributed by atoms with Crippen molar-refractivity contribution in [1.82, 2.24) is 10.2 Å². The molecule has 0 spiro atoms. The van der Waals surface area contributed by atoms with Gasteiger partial charge in [-0.2, -0.15) is 5.10 Å². The van der Waals surface area contributed by atoms with Crippen LogP contribution in [0.25, 0.3) is 0 Å². The van der Waals surface area contributed by atoms with E-state index in [1.807, 2.05) is 31.2 Å². The van der Waals surface area contributed by atoms with E-state index in [0.717, 1.165) is 10.6 Å². The molecule has 2 N–H and O–H groups in total. The Kier molecular flexibility index (Phi) is 4.27. The van der Waals surface area contributed by atoms with Crippen LogP contribution in [0.3, 0.4) is 0 Å². The molecule has 2 rings (SSSR count). The highest BCUT2D eigenvalue weighted by atomic mass is 32.2. The van der Waals surface area contributed by atoms with Gasteiger partial charge in [0.2, 0.25) is 0 Å². The molecule has 0 saturated heterocycles. The third kappa shape index (κ3) is 3.61. The molecule has 0 bridgehead atoms. The number of H-pyrrole nitrogens is 1. The summed E-state index contributed by atoms with van der Waals surface area (Å²) in [5, 5.41) is 10.0. The molecule has 1 aromatic carbocycles. The molecule has 0 fully saturated rings. The fourth-order valence-corrected chi connectivity index (χ4v) is 2.63. The monoisotopic (exact) mass is 275 g/mol. The van der Waals surface area contributed by atoms with Crippen molar-refractivity contribution in [2.75, 3.05) is 5.32 Å². The zero-order valence-corrected chi connectivity index (χ0v) is 12.0. The molecule has 100 valence electrons. The SMILES string of the molecule is Cc1cc(NC(=O)c2ccccc2SC(C)C)n[nH]1. The second-order valence-corrected chi connectivity index (χ2v) is 6.17. The Morgan fingerprint density at radius 2 is 2.11 bits per heavy atom. The summed E-state index contributed by atoms with van der Waals surface area (Å²) in [6.07, 6.45) is 0. The Balaban J connectivity index is 2.18. The van der Waals surface area contributed by atoms with Gasteiger partial charge in [0, 0.05) is 21.9 Å². The van der Waals surface area contributed by atoms with Gasteiger partial charge >= 0.3 is 0 Å². The summed E-state index contributed by atoms with van der Waals surface area (Å²) >= 11 is 1.68. The third-order valence-corrected chi connectivity index (χ3v) is 3.52. The van der Waals surface area contributed by atoms with Crippen molar-refractivity contribution in [2.45, 2.75) is 30.9 Å². The normalized spacial score (nSPS) is 10.7. The number of thioether (sulfide) groups is 1. The molecule has 0 radical (unpaired) electrons. The van der Waals surface area contributed by atoms with Crippen LogP contribution in [0.1, 0.15) is 29.9 Å². The predicted molar refractivity (Wildman–Crippen MR) is 78.7 cm³/mol. The van der Waals surface area contributed by atoms with Crippen molar-refractivity contribution in [3.8, 4) is 0 Å². The Morgan fingerprint density at radius 3 is 2.74 bits per heavy atom. The smallest absolute Gasteiger partial charge is 0.257 e. The van der Waals surface area contributed by atoms with Gasteiger partial charge in [0.05, 0.1) is 5.56 Å². The first-order valence-electron chi connectivity index (χ1n) is 6.15. The van der Waals surface area contributed by atoms with Crippen LogP contribution in [0.4, 0.5) is 5.82 Å². The molecule has 2 aromatic rings. The summed E-state index contributed by atoms with van der Waals surface area (Å²) in [6.45, 7) is 6.11. The summed E-state index contributed by atoms with van der Waals surface area (Å²) in [7, 11) is 0. The molecule has 5 heteroatoms. The molecule has 0 unspecified atom stereocenters. The summed E-state index contributed by atoms with van der Waals surface area (Å²) < 4.78 is 0. The number of carbonyl (C=O) groups is 1. The number of aromatic amines is 1. The van der Waals surface area contributed by atoms with E-state index < -0.39 is 0 Å². The lowest BCUT2D eigenvalue weighted by Crippen LogP contribution is -2.13. The molecule has 19 heavy (non-hydrogen) atoms. The van der Waals surface area contributed by atoms with Crippen molar-refractivity contribution >= 4 is 23.5 Å². The van der Waals surface area contributed by atoms with Crippen molar-refractivity contribution < 1.29 is 4.79 Å². The fourth-order valence-electron chi connectivity index (χ4n) is 1.68. The number of rotatable bonds is 4. The topological polar surface area (TPSA) is 57.8 Å². The first-order chi connectivity index (χ1) is 9.06. The Hall–Kier alpha value is -1.75. The summed E-state index contributed by atoms with van der Waals surface area (Å²) in [4.78, 5) is 13.2. The first-order valence-corrected chi connectivity index (χ1v) is 7.03. The average Bonchev–Trinajstić information content (AvgIpc) is 2.74. The molecule has 4 nitrogen and oxygen atoms in total. The minimum Gasteiger partial charge on any atom is -0.305 e. The van der Waals surface area contributed by atoms with Crippen LogP contribution in [0.5, 0.6) is 0 Å². The van der Waals surface area contributed by atoms with E-state index in [1.54, 1.807) is 17.8 Å². The number of nitrogens with one attached hydrogen (secondary N) is 2. The van der Waals surface area contributed by atoms with E-state index in [9.17, 15) is 4.79 Å². The van der Waals surface area contributed by atoms with Crippen molar-refractivity contribution in [3.63, 3.8) is 0 Å². The van der Waals surface area contributed by atoms with Crippen LogP contribution in [-0.2, 0) is 0 Å². The number of nitrogens with zero attached hydrogens (tertiary/aromatic N) is 1. The molecule has 1 amide bonds. The number of benzene rings is 1. The van der Waals surface area contributed by atoms with E-state index in [4.69, 9.17) is 0 Å². The maximum Gasteiger partial charge on any atom is 0.257 e. The van der Waals surface area contributed by atoms with Crippen LogP contribution < -0.4 is 5.32 Å². The summed E-state index contributed by atoms with van der Waals surface area (Å²) in [5.74, 6) is 0.419. The maximum absolute atomic E-state index is 12.2. The van der Waals surface area contributed by atoms with Gasteiger partial charge in [-0.05, 0) is 19.1 Å². The van der Waals surface area contributed by atoms with E-state index in [0.29, 0.717) is 16.6 Å². The van der Waals surface area contributed by atoms with Crippen LogP contribution in [-0.4, -0.2) is 21.4 Å². The van der Waals surface area contributed by atoms with Gasteiger partial charge in [0.1, 0.15) is 0 Å². The van der Waals surface area contributed by atoms with E-state index in [1.165, 1.54) is 0 Å². The molecule has 0 aliphatic heterocycles. The van der Waals surface area contributed by atoms with Gasteiger partial charge in [-0.25, -0.2) is 0 Å². The minimum absolute atomic E-state index is 0.129. The molecule has 1 heterocycles.